The first kappa shape index (κ1) is 30.0. The third kappa shape index (κ3) is 7.23. The van der Waals surface area contributed by atoms with E-state index in [9.17, 15) is 27.6 Å². The van der Waals surface area contributed by atoms with Crippen LogP contribution in [0, 0.1) is 0 Å². The van der Waals surface area contributed by atoms with Gasteiger partial charge in [-0.15, -0.1) is 0 Å². The van der Waals surface area contributed by atoms with Gasteiger partial charge in [-0.05, 0) is 60.9 Å². The number of carbonyl (C=O) groups is 3. The molecule has 0 bridgehead atoms. The molecule has 0 fully saturated rings. The van der Waals surface area contributed by atoms with Crippen LogP contribution in [0.2, 0.25) is 0 Å². The summed E-state index contributed by atoms with van der Waals surface area (Å²) in [4.78, 5) is 38.7. The number of hydrogen-bond acceptors (Lipinski definition) is 4. The van der Waals surface area contributed by atoms with Crippen molar-refractivity contribution in [2.75, 3.05) is 11.9 Å². The molecular formula is C33H29F3N2O4. The van der Waals surface area contributed by atoms with E-state index >= 15 is 0 Å². The van der Waals surface area contributed by atoms with Gasteiger partial charge in [0.2, 0.25) is 6.10 Å². The van der Waals surface area contributed by atoms with Crippen molar-refractivity contribution in [2.24, 2.45) is 0 Å². The predicted octanol–water partition coefficient (Wildman–Crippen LogP) is 7.15. The fraction of sp³-hybridized carbons (Fsp3) is 0.182. The van der Waals surface area contributed by atoms with Crippen LogP contribution in [0.1, 0.15) is 52.9 Å². The molecule has 0 aromatic heterocycles. The van der Waals surface area contributed by atoms with E-state index in [-0.39, 0.29) is 5.56 Å². The number of carbonyl (C=O) groups excluding carboxylic acids is 3. The Morgan fingerprint density at radius 2 is 1.40 bits per heavy atom. The van der Waals surface area contributed by atoms with Crippen molar-refractivity contribution in [3.05, 3.63) is 125 Å². The fourth-order valence-electron chi connectivity index (χ4n) is 4.35. The summed E-state index contributed by atoms with van der Waals surface area (Å²) in [6.07, 6.45) is -5.55. The number of esters is 1. The quantitative estimate of drug-likeness (QED) is 0.208. The summed E-state index contributed by atoms with van der Waals surface area (Å²) < 4.78 is 44.5. The third-order valence-electron chi connectivity index (χ3n) is 6.64. The van der Waals surface area contributed by atoms with Crippen LogP contribution in [0.4, 0.5) is 18.9 Å². The lowest BCUT2D eigenvalue weighted by Crippen LogP contribution is -2.32. The van der Waals surface area contributed by atoms with Gasteiger partial charge in [0.1, 0.15) is 0 Å². The lowest BCUT2D eigenvalue weighted by atomic mass is 9.98. The number of amides is 2. The lowest BCUT2D eigenvalue weighted by molar-refractivity contribution is -0.157. The molecule has 0 heterocycles. The standard InChI is InChI=1S/C33H29F3N2O4/c1-3-37-31(40)29(24-9-5-4-6-10-24)42-32(41)21(2)22-15-19-26(20-16-22)38-30(39)28-12-8-7-11-27(28)23-13-17-25(18-14-23)33(34,35)36/h4-21,29H,3H2,1-2H3,(H,37,40)(H,38,39). The summed E-state index contributed by atoms with van der Waals surface area (Å²) in [7, 11) is 0. The van der Waals surface area contributed by atoms with Gasteiger partial charge in [-0.3, -0.25) is 14.4 Å². The minimum absolute atomic E-state index is 0.288. The SMILES string of the molecule is CCNC(=O)C(OC(=O)C(C)c1ccc(NC(=O)c2ccccc2-c2ccc(C(F)(F)F)cc2)cc1)c1ccccc1. The molecule has 9 heteroatoms. The second kappa shape index (κ2) is 13.2. The van der Waals surface area contributed by atoms with Crippen molar-refractivity contribution < 1.29 is 32.3 Å². The maximum absolute atomic E-state index is 13.1. The molecule has 0 aliphatic heterocycles. The van der Waals surface area contributed by atoms with Crippen LogP contribution in [-0.2, 0) is 20.5 Å². The normalized spacial score (nSPS) is 12.6. The Balaban J connectivity index is 1.46. The zero-order chi connectivity index (χ0) is 30.3. The van der Waals surface area contributed by atoms with Crippen molar-refractivity contribution in [1.82, 2.24) is 5.32 Å². The topological polar surface area (TPSA) is 84.5 Å². The highest BCUT2D eigenvalue weighted by molar-refractivity contribution is 6.08. The Morgan fingerprint density at radius 1 is 0.786 bits per heavy atom. The smallest absolute Gasteiger partial charge is 0.416 e. The van der Waals surface area contributed by atoms with Gasteiger partial charge in [0, 0.05) is 23.4 Å². The van der Waals surface area contributed by atoms with Crippen molar-refractivity contribution in [3.8, 4) is 11.1 Å². The second-order valence-corrected chi connectivity index (χ2v) is 9.54. The zero-order valence-electron chi connectivity index (χ0n) is 22.9. The van der Waals surface area contributed by atoms with Crippen molar-refractivity contribution in [1.29, 1.82) is 0 Å². The van der Waals surface area contributed by atoms with E-state index in [1.54, 1.807) is 92.7 Å². The maximum atomic E-state index is 13.1. The van der Waals surface area contributed by atoms with Crippen molar-refractivity contribution >= 4 is 23.5 Å². The van der Waals surface area contributed by atoms with Crippen molar-refractivity contribution in [3.63, 3.8) is 0 Å². The first-order chi connectivity index (χ1) is 20.1. The molecule has 4 rings (SSSR count). The summed E-state index contributed by atoms with van der Waals surface area (Å²) >= 11 is 0. The number of hydrogen-bond donors (Lipinski definition) is 2. The first-order valence-corrected chi connectivity index (χ1v) is 13.3. The van der Waals surface area contributed by atoms with Gasteiger partial charge in [-0.2, -0.15) is 13.2 Å². The molecule has 0 radical (unpaired) electrons. The number of ether oxygens (including phenoxy) is 1. The Bertz CT molecular complexity index is 1540. The summed E-state index contributed by atoms with van der Waals surface area (Å²) in [5, 5.41) is 5.48. The lowest BCUT2D eigenvalue weighted by Gasteiger charge is -2.20. The van der Waals surface area contributed by atoms with Gasteiger partial charge in [0.05, 0.1) is 11.5 Å². The average molecular weight is 575 g/mol. The molecule has 2 amide bonds. The molecule has 4 aromatic carbocycles. The number of anilines is 1. The molecule has 2 N–H and O–H groups in total. The van der Waals surface area contributed by atoms with Crippen LogP contribution >= 0.6 is 0 Å². The summed E-state index contributed by atoms with van der Waals surface area (Å²) in [6.45, 7) is 3.82. The predicted molar refractivity (Wildman–Crippen MR) is 154 cm³/mol. The second-order valence-electron chi connectivity index (χ2n) is 9.54. The molecule has 4 aromatic rings. The van der Waals surface area contributed by atoms with Gasteiger partial charge in [-0.1, -0.05) is 72.8 Å². The van der Waals surface area contributed by atoms with E-state index in [1.807, 2.05) is 0 Å². The summed E-state index contributed by atoms with van der Waals surface area (Å²) in [5.41, 5.74) is 2.09. The van der Waals surface area contributed by atoms with Crippen LogP contribution < -0.4 is 10.6 Å². The highest BCUT2D eigenvalue weighted by atomic mass is 19.4. The Labute approximate surface area is 241 Å². The number of rotatable bonds is 9. The molecule has 42 heavy (non-hydrogen) atoms. The minimum Gasteiger partial charge on any atom is -0.447 e. The Morgan fingerprint density at radius 3 is 2.02 bits per heavy atom. The zero-order valence-corrected chi connectivity index (χ0v) is 22.9. The molecule has 0 saturated carbocycles. The molecule has 0 saturated heterocycles. The molecule has 0 spiro atoms. The maximum Gasteiger partial charge on any atom is 0.416 e. The molecule has 6 nitrogen and oxygen atoms in total. The van der Waals surface area contributed by atoms with Gasteiger partial charge < -0.3 is 15.4 Å². The number of nitrogens with one attached hydrogen (secondary N) is 2. The summed E-state index contributed by atoms with van der Waals surface area (Å²) in [6, 6.07) is 26.6. The molecule has 0 aliphatic rings. The van der Waals surface area contributed by atoms with Crippen molar-refractivity contribution in [2.45, 2.75) is 32.0 Å². The van der Waals surface area contributed by atoms with E-state index in [0.29, 0.717) is 34.5 Å². The van der Waals surface area contributed by atoms with Crippen LogP contribution in [0.3, 0.4) is 0 Å². The van der Waals surface area contributed by atoms with Crippen LogP contribution in [-0.4, -0.2) is 24.3 Å². The molecule has 2 atom stereocenters. The number of likely N-dealkylation sites (N-methyl/N-ethyl adjacent to an activating group) is 1. The van der Waals surface area contributed by atoms with E-state index in [0.717, 1.165) is 12.1 Å². The van der Waals surface area contributed by atoms with Gasteiger partial charge >= 0.3 is 12.1 Å². The van der Waals surface area contributed by atoms with Crippen LogP contribution in [0.5, 0.6) is 0 Å². The van der Waals surface area contributed by atoms with Crippen LogP contribution in [0.15, 0.2) is 103 Å². The fourth-order valence-corrected chi connectivity index (χ4v) is 4.35. The molecule has 216 valence electrons. The third-order valence-corrected chi connectivity index (χ3v) is 6.64. The first-order valence-electron chi connectivity index (χ1n) is 13.3. The van der Waals surface area contributed by atoms with Gasteiger partial charge in [0.15, 0.2) is 0 Å². The Hall–Kier alpha value is -4.92. The van der Waals surface area contributed by atoms with Crippen LogP contribution in [0.25, 0.3) is 11.1 Å². The number of benzene rings is 4. The number of alkyl halides is 3. The Kier molecular flexibility index (Phi) is 9.42. The average Bonchev–Trinajstić information content (AvgIpc) is 3.00. The minimum atomic E-state index is -4.46. The molecule has 2 unspecified atom stereocenters. The van der Waals surface area contributed by atoms with E-state index in [4.69, 9.17) is 4.74 Å². The largest absolute Gasteiger partial charge is 0.447 e. The summed E-state index contributed by atoms with van der Waals surface area (Å²) in [5.74, 6) is -2.15. The van der Waals surface area contributed by atoms with E-state index < -0.39 is 41.5 Å². The molecule has 0 aliphatic carbocycles. The monoisotopic (exact) mass is 574 g/mol. The highest BCUT2D eigenvalue weighted by Gasteiger charge is 2.30. The highest BCUT2D eigenvalue weighted by Crippen LogP contribution is 2.32. The van der Waals surface area contributed by atoms with E-state index in [2.05, 4.69) is 10.6 Å². The van der Waals surface area contributed by atoms with E-state index in [1.165, 1.54) is 12.1 Å². The molecular weight excluding hydrogens is 545 g/mol. The number of halogens is 3. The van der Waals surface area contributed by atoms with Gasteiger partial charge in [-0.25, -0.2) is 0 Å². The van der Waals surface area contributed by atoms with Gasteiger partial charge in [0.25, 0.3) is 11.8 Å².